The molecule has 0 heterocycles. The predicted molar refractivity (Wildman–Crippen MR) is 96.6 cm³/mol. The van der Waals surface area contributed by atoms with E-state index in [2.05, 4.69) is 5.32 Å². The summed E-state index contributed by atoms with van der Waals surface area (Å²) in [5, 5.41) is 11.9. The van der Waals surface area contributed by atoms with Crippen LogP contribution in [-0.4, -0.2) is 29.0 Å². The van der Waals surface area contributed by atoms with Gasteiger partial charge in [0.25, 0.3) is 0 Å². The minimum atomic E-state index is -1.43. The van der Waals surface area contributed by atoms with Crippen LogP contribution < -0.4 is 5.32 Å². The fraction of sp³-hybridized carbons (Fsp3) is 0.167. The molecule has 2 rings (SSSR count). The molecular formula is C18H15Cl2NO5. The Bertz CT molecular complexity index is 810. The summed E-state index contributed by atoms with van der Waals surface area (Å²) in [6.45, 7) is -0.0141. The Kier molecular flexibility index (Phi) is 7.00. The van der Waals surface area contributed by atoms with Crippen LogP contribution in [-0.2, 0) is 16.1 Å². The predicted octanol–water partition coefficient (Wildman–Crippen LogP) is 3.95. The summed E-state index contributed by atoms with van der Waals surface area (Å²) in [6, 6.07) is 11.7. The molecule has 0 saturated carbocycles. The molecule has 1 amide bonds. The lowest BCUT2D eigenvalue weighted by Crippen LogP contribution is -2.42. The molecule has 0 radical (unpaired) electrons. The Morgan fingerprint density at radius 1 is 1.04 bits per heavy atom. The van der Waals surface area contributed by atoms with Gasteiger partial charge in [0.05, 0.1) is 10.0 Å². The third-order valence-corrected chi connectivity index (χ3v) is 4.17. The van der Waals surface area contributed by atoms with Crippen LogP contribution in [0.1, 0.15) is 22.3 Å². The van der Waals surface area contributed by atoms with Crippen LogP contribution in [0.15, 0.2) is 48.5 Å². The highest BCUT2D eigenvalue weighted by Gasteiger charge is 2.25. The molecule has 0 spiro atoms. The van der Waals surface area contributed by atoms with Gasteiger partial charge in [0.15, 0.2) is 5.78 Å². The van der Waals surface area contributed by atoms with E-state index in [4.69, 9.17) is 27.9 Å². The van der Waals surface area contributed by atoms with Crippen molar-refractivity contribution in [1.29, 1.82) is 0 Å². The third kappa shape index (κ3) is 5.75. The molecule has 136 valence electrons. The van der Waals surface area contributed by atoms with Crippen LogP contribution in [0, 0.1) is 0 Å². The van der Waals surface area contributed by atoms with Gasteiger partial charge in [-0.3, -0.25) is 4.79 Å². The first-order chi connectivity index (χ1) is 12.4. The van der Waals surface area contributed by atoms with Crippen molar-refractivity contribution >= 4 is 41.0 Å². The summed E-state index contributed by atoms with van der Waals surface area (Å²) in [5.41, 5.74) is 0.950. The number of rotatable bonds is 7. The first-order valence-corrected chi connectivity index (χ1v) is 8.30. The molecule has 1 atom stereocenters. The highest BCUT2D eigenvalue weighted by Crippen LogP contribution is 2.23. The summed E-state index contributed by atoms with van der Waals surface area (Å²) in [6.07, 6.45) is -1.38. The molecule has 0 aromatic heterocycles. The summed E-state index contributed by atoms with van der Waals surface area (Å²) < 4.78 is 4.97. The van der Waals surface area contributed by atoms with E-state index in [-0.39, 0.29) is 22.2 Å². The number of ketones is 1. The summed E-state index contributed by atoms with van der Waals surface area (Å²) in [4.78, 5) is 35.4. The average molecular weight is 396 g/mol. The number of carboxylic acid groups (broad SMARTS) is 1. The standard InChI is InChI=1S/C18H15Cl2NO5/c19-13-7-6-12(8-14(13)20)16(22)9-15(17(23)24)21-18(25)26-10-11-4-2-1-3-5-11/h1-8,15H,9-10H2,(H,21,25)(H,23,24). The number of amides is 1. The van der Waals surface area contributed by atoms with E-state index in [1.807, 2.05) is 6.07 Å². The molecule has 0 fully saturated rings. The molecule has 0 bridgehead atoms. The van der Waals surface area contributed by atoms with E-state index in [1.54, 1.807) is 24.3 Å². The van der Waals surface area contributed by atoms with Crippen molar-refractivity contribution < 1.29 is 24.2 Å². The van der Waals surface area contributed by atoms with Gasteiger partial charge in [-0.2, -0.15) is 0 Å². The number of hydrogen-bond donors (Lipinski definition) is 2. The van der Waals surface area contributed by atoms with E-state index in [9.17, 15) is 19.5 Å². The molecule has 2 N–H and O–H groups in total. The van der Waals surface area contributed by atoms with Crippen LogP contribution in [0.2, 0.25) is 10.0 Å². The Morgan fingerprint density at radius 3 is 2.35 bits per heavy atom. The topological polar surface area (TPSA) is 92.7 Å². The SMILES string of the molecule is O=C(NC(CC(=O)c1ccc(Cl)c(Cl)c1)C(=O)O)OCc1ccccc1. The highest BCUT2D eigenvalue weighted by atomic mass is 35.5. The quantitative estimate of drug-likeness (QED) is 0.692. The second-order valence-electron chi connectivity index (χ2n) is 5.35. The largest absolute Gasteiger partial charge is 0.480 e. The van der Waals surface area contributed by atoms with Crippen LogP contribution in [0.5, 0.6) is 0 Å². The zero-order valence-electron chi connectivity index (χ0n) is 13.4. The van der Waals surface area contributed by atoms with Crippen molar-refractivity contribution in [3.63, 3.8) is 0 Å². The Morgan fingerprint density at radius 2 is 1.73 bits per heavy atom. The van der Waals surface area contributed by atoms with E-state index in [1.165, 1.54) is 18.2 Å². The zero-order valence-corrected chi connectivity index (χ0v) is 15.0. The van der Waals surface area contributed by atoms with Crippen molar-refractivity contribution in [3.05, 3.63) is 69.7 Å². The Labute approximate surface area is 159 Å². The number of ether oxygens (including phenoxy) is 1. The van der Waals surface area contributed by atoms with Crippen molar-refractivity contribution in [2.75, 3.05) is 0 Å². The van der Waals surface area contributed by atoms with E-state index < -0.39 is 30.3 Å². The van der Waals surface area contributed by atoms with Gasteiger partial charge in [0.1, 0.15) is 12.6 Å². The molecule has 6 nitrogen and oxygen atoms in total. The monoisotopic (exact) mass is 395 g/mol. The van der Waals surface area contributed by atoms with Gasteiger partial charge in [-0.1, -0.05) is 53.5 Å². The van der Waals surface area contributed by atoms with Gasteiger partial charge in [-0.25, -0.2) is 9.59 Å². The van der Waals surface area contributed by atoms with Crippen molar-refractivity contribution in [2.45, 2.75) is 19.1 Å². The maximum absolute atomic E-state index is 12.2. The fourth-order valence-corrected chi connectivity index (χ4v) is 2.38. The zero-order chi connectivity index (χ0) is 19.1. The first-order valence-electron chi connectivity index (χ1n) is 7.55. The van der Waals surface area contributed by atoms with Crippen molar-refractivity contribution in [2.24, 2.45) is 0 Å². The lowest BCUT2D eigenvalue weighted by Gasteiger charge is -2.14. The lowest BCUT2D eigenvalue weighted by molar-refractivity contribution is -0.139. The van der Waals surface area contributed by atoms with Gasteiger partial charge in [0, 0.05) is 12.0 Å². The minimum absolute atomic E-state index is 0.0141. The molecule has 0 aliphatic rings. The number of hydrogen-bond acceptors (Lipinski definition) is 4. The van der Waals surface area contributed by atoms with Gasteiger partial charge in [-0.05, 0) is 23.8 Å². The number of nitrogens with one attached hydrogen (secondary N) is 1. The molecule has 2 aromatic carbocycles. The fourth-order valence-electron chi connectivity index (χ4n) is 2.08. The maximum Gasteiger partial charge on any atom is 0.408 e. The number of aliphatic carboxylic acids is 1. The normalized spacial score (nSPS) is 11.5. The van der Waals surface area contributed by atoms with E-state index >= 15 is 0 Å². The lowest BCUT2D eigenvalue weighted by atomic mass is 10.0. The van der Waals surface area contributed by atoms with Crippen molar-refractivity contribution in [3.8, 4) is 0 Å². The van der Waals surface area contributed by atoms with E-state index in [0.717, 1.165) is 5.56 Å². The molecule has 0 aliphatic heterocycles. The number of Topliss-reactive ketones (excluding diaryl/α,β-unsaturated/α-hetero) is 1. The van der Waals surface area contributed by atoms with Crippen LogP contribution in [0.25, 0.3) is 0 Å². The van der Waals surface area contributed by atoms with Gasteiger partial charge in [-0.15, -0.1) is 0 Å². The maximum atomic E-state index is 12.2. The van der Waals surface area contributed by atoms with Gasteiger partial charge >= 0.3 is 12.1 Å². The summed E-state index contributed by atoms with van der Waals surface area (Å²) in [5.74, 6) is -1.85. The smallest absolute Gasteiger partial charge is 0.408 e. The summed E-state index contributed by atoms with van der Waals surface area (Å²) >= 11 is 11.6. The number of benzene rings is 2. The van der Waals surface area contributed by atoms with Crippen LogP contribution in [0.4, 0.5) is 4.79 Å². The highest BCUT2D eigenvalue weighted by molar-refractivity contribution is 6.42. The molecule has 2 aromatic rings. The first kappa shape index (κ1) is 19.8. The second kappa shape index (κ2) is 9.22. The van der Waals surface area contributed by atoms with Gasteiger partial charge in [0.2, 0.25) is 0 Å². The van der Waals surface area contributed by atoms with E-state index in [0.29, 0.717) is 0 Å². The molecule has 1 unspecified atom stereocenters. The average Bonchev–Trinajstić information content (AvgIpc) is 2.62. The number of alkyl carbamates (subject to hydrolysis) is 1. The van der Waals surface area contributed by atoms with Crippen molar-refractivity contribution in [1.82, 2.24) is 5.32 Å². The van der Waals surface area contributed by atoms with Crippen LogP contribution >= 0.6 is 23.2 Å². The van der Waals surface area contributed by atoms with Crippen LogP contribution in [0.3, 0.4) is 0 Å². The molecule has 0 saturated heterocycles. The third-order valence-electron chi connectivity index (χ3n) is 3.43. The van der Waals surface area contributed by atoms with Gasteiger partial charge < -0.3 is 15.2 Å². The second-order valence-corrected chi connectivity index (χ2v) is 6.17. The number of carboxylic acids is 1. The molecule has 26 heavy (non-hydrogen) atoms. The number of carbonyl (C=O) groups excluding carboxylic acids is 2. The Balaban J connectivity index is 1.95. The minimum Gasteiger partial charge on any atom is -0.480 e. The molecular weight excluding hydrogens is 381 g/mol. The number of halogens is 2. The molecule has 0 aliphatic carbocycles. The Hall–Kier alpha value is -2.57. The molecule has 8 heteroatoms. The summed E-state index contributed by atoms with van der Waals surface area (Å²) in [7, 11) is 0. The number of carbonyl (C=O) groups is 3.